The van der Waals surface area contributed by atoms with E-state index in [0.717, 1.165) is 13.0 Å². The van der Waals surface area contributed by atoms with E-state index in [9.17, 15) is 0 Å². The fraction of sp³-hybridized carbons (Fsp3) is 0.909. The zero-order valence-corrected chi connectivity index (χ0v) is 9.82. The molecule has 14 heavy (non-hydrogen) atoms. The highest BCUT2D eigenvalue weighted by atomic mass is 15.0. The Bertz CT molecular complexity index is 164. The molecule has 4 N–H and O–H groups in total. The number of rotatable bonds is 7. The number of guanidine groups is 1. The molecule has 0 aliphatic carbocycles. The second-order valence-electron chi connectivity index (χ2n) is 4.71. The highest BCUT2D eigenvalue weighted by Crippen LogP contribution is 2.28. The van der Waals surface area contributed by atoms with Gasteiger partial charge in [0.25, 0.3) is 0 Å². The van der Waals surface area contributed by atoms with Gasteiger partial charge in [0, 0.05) is 6.54 Å². The number of unbranched alkanes of at least 4 members (excludes halogenated alkanes) is 1. The van der Waals surface area contributed by atoms with E-state index in [2.05, 4.69) is 26.1 Å². The first-order chi connectivity index (χ1) is 6.48. The Balaban J connectivity index is 3.49. The van der Waals surface area contributed by atoms with Gasteiger partial charge in [0.1, 0.15) is 0 Å². The van der Waals surface area contributed by atoms with Gasteiger partial charge in [-0.3, -0.25) is 5.41 Å². The molecule has 0 saturated heterocycles. The first-order valence-electron chi connectivity index (χ1n) is 5.56. The molecule has 0 unspecified atom stereocenters. The van der Waals surface area contributed by atoms with Crippen molar-refractivity contribution in [3.63, 3.8) is 0 Å². The molecular weight excluding hydrogens is 174 g/mol. The summed E-state index contributed by atoms with van der Waals surface area (Å²) in [5, 5.41) is 9.84. The minimum absolute atomic E-state index is 0.0800. The van der Waals surface area contributed by atoms with E-state index >= 15 is 0 Å². The monoisotopic (exact) mass is 199 g/mol. The van der Waals surface area contributed by atoms with Crippen molar-refractivity contribution in [3.8, 4) is 0 Å². The third-order valence-corrected chi connectivity index (χ3v) is 2.55. The van der Waals surface area contributed by atoms with Crippen LogP contribution in [0, 0.1) is 10.8 Å². The van der Waals surface area contributed by atoms with Crippen LogP contribution in [0.3, 0.4) is 0 Å². The van der Waals surface area contributed by atoms with E-state index < -0.39 is 0 Å². The zero-order valence-electron chi connectivity index (χ0n) is 9.82. The third kappa shape index (κ3) is 7.90. The fourth-order valence-electron chi connectivity index (χ4n) is 1.57. The minimum atomic E-state index is 0.0800. The van der Waals surface area contributed by atoms with E-state index in [4.69, 9.17) is 11.1 Å². The average Bonchev–Trinajstić information content (AvgIpc) is 2.09. The van der Waals surface area contributed by atoms with Crippen LogP contribution < -0.4 is 11.1 Å². The number of hydrogen-bond acceptors (Lipinski definition) is 1. The van der Waals surface area contributed by atoms with Gasteiger partial charge < -0.3 is 11.1 Å². The van der Waals surface area contributed by atoms with Crippen LogP contribution >= 0.6 is 0 Å². The summed E-state index contributed by atoms with van der Waals surface area (Å²) >= 11 is 0. The molecule has 0 aromatic rings. The molecule has 0 bridgehead atoms. The second kappa shape index (κ2) is 6.68. The van der Waals surface area contributed by atoms with Crippen molar-refractivity contribution in [2.24, 2.45) is 11.1 Å². The summed E-state index contributed by atoms with van der Waals surface area (Å²) in [5.74, 6) is 0.0800. The highest BCUT2D eigenvalue weighted by Gasteiger charge is 2.15. The number of nitrogens with one attached hydrogen (secondary N) is 2. The van der Waals surface area contributed by atoms with Gasteiger partial charge in [0.05, 0.1) is 0 Å². The van der Waals surface area contributed by atoms with Crippen molar-refractivity contribution < 1.29 is 0 Å². The van der Waals surface area contributed by atoms with Crippen molar-refractivity contribution in [2.75, 3.05) is 6.54 Å². The zero-order chi connectivity index (χ0) is 11.0. The molecule has 3 heteroatoms. The largest absolute Gasteiger partial charge is 0.370 e. The summed E-state index contributed by atoms with van der Waals surface area (Å²) in [6.07, 6.45) is 6.18. The van der Waals surface area contributed by atoms with Gasteiger partial charge in [0.2, 0.25) is 0 Å². The van der Waals surface area contributed by atoms with Gasteiger partial charge in [-0.05, 0) is 24.7 Å². The Kier molecular flexibility index (Phi) is 6.34. The molecule has 84 valence electrons. The Morgan fingerprint density at radius 1 is 1.29 bits per heavy atom. The standard InChI is InChI=1S/C11H25N3/c1-4-5-7-11(2,3)8-6-9-14-10(12)13/h4-9H2,1-3H3,(H4,12,13,14). The van der Waals surface area contributed by atoms with Crippen LogP contribution in [0.2, 0.25) is 0 Å². The molecule has 0 aromatic heterocycles. The lowest BCUT2D eigenvalue weighted by atomic mass is 9.83. The number of hydrogen-bond donors (Lipinski definition) is 3. The Hall–Kier alpha value is -0.730. The van der Waals surface area contributed by atoms with Gasteiger partial charge in [-0.25, -0.2) is 0 Å². The maximum Gasteiger partial charge on any atom is 0.185 e. The minimum Gasteiger partial charge on any atom is -0.370 e. The van der Waals surface area contributed by atoms with Gasteiger partial charge in [-0.2, -0.15) is 0 Å². The summed E-state index contributed by atoms with van der Waals surface area (Å²) in [5.41, 5.74) is 5.63. The summed E-state index contributed by atoms with van der Waals surface area (Å²) in [6.45, 7) is 7.69. The fourth-order valence-corrected chi connectivity index (χ4v) is 1.57. The normalized spacial score (nSPS) is 11.4. The predicted molar refractivity (Wildman–Crippen MR) is 62.5 cm³/mol. The first-order valence-corrected chi connectivity index (χ1v) is 5.56. The van der Waals surface area contributed by atoms with Crippen LogP contribution in [0.25, 0.3) is 0 Å². The van der Waals surface area contributed by atoms with Crippen LogP contribution in [-0.2, 0) is 0 Å². The van der Waals surface area contributed by atoms with Crippen molar-refractivity contribution in [1.29, 1.82) is 5.41 Å². The molecule has 0 radical (unpaired) electrons. The average molecular weight is 199 g/mol. The van der Waals surface area contributed by atoms with E-state index in [-0.39, 0.29) is 5.96 Å². The Morgan fingerprint density at radius 3 is 2.36 bits per heavy atom. The summed E-state index contributed by atoms with van der Waals surface area (Å²) in [6, 6.07) is 0. The molecule has 0 saturated carbocycles. The molecule has 0 aromatic carbocycles. The van der Waals surface area contributed by atoms with E-state index in [1.165, 1.54) is 25.7 Å². The van der Waals surface area contributed by atoms with E-state index in [1.807, 2.05) is 0 Å². The molecule has 0 heterocycles. The second-order valence-corrected chi connectivity index (χ2v) is 4.71. The topological polar surface area (TPSA) is 61.9 Å². The maximum absolute atomic E-state index is 7.01. The SMILES string of the molecule is CCCCC(C)(C)CCCNC(=N)N. The van der Waals surface area contributed by atoms with Crippen LogP contribution in [-0.4, -0.2) is 12.5 Å². The van der Waals surface area contributed by atoms with E-state index in [0.29, 0.717) is 5.41 Å². The molecule has 3 nitrogen and oxygen atoms in total. The van der Waals surface area contributed by atoms with Crippen molar-refractivity contribution >= 4 is 5.96 Å². The Labute approximate surface area is 88.0 Å². The molecule has 0 fully saturated rings. The van der Waals surface area contributed by atoms with Gasteiger partial charge in [0.15, 0.2) is 5.96 Å². The molecular formula is C11H25N3. The summed E-state index contributed by atoms with van der Waals surface area (Å²) < 4.78 is 0. The van der Waals surface area contributed by atoms with Crippen molar-refractivity contribution in [3.05, 3.63) is 0 Å². The van der Waals surface area contributed by atoms with Crippen molar-refractivity contribution in [1.82, 2.24) is 5.32 Å². The molecule has 0 amide bonds. The Morgan fingerprint density at radius 2 is 1.86 bits per heavy atom. The third-order valence-electron chi connectivity index (χ3n) is 2.55. The van der Waals surface area contributed by atoms with Crippen LogP contribution in [0.5, 0.6) is 0 Å². The van der Waals surface area contributed by atoms with Crippen molar-refractivity contribution in [2.45, 2.75) is 52.9 Å². The molecule has 0 aliphatic heterocycles. The molecule has 0 rings (SSSR count). The maximum atomic E-state index is 7.01. The van der Waals surface area contributed by atoms with Crippen LogP contribution in [0.15, 0.2) is 0 Å². The molecule has 0 atom stereocenters. The lowest BCUT2D eigenvalue weighted by molar-refractivity contribution is 0.290. The van der Waals surface area contributed by atoms with Crippen LogP contribution in [0.1, 0.15) is 52.9 Å². The quantitative estimate of drug-likeness (QED) is 0.335. The predicted octanol–water partition coefficient (Wildman–Crippen LogP) is 2.47. The smallest absolute Gasteiger partial charge is 0.185 e. The molecule has 0 spiro atoms. The first kappa shape index (κ1) is 13.3. The molecule has 0 aliphatic rings. The van der Waals surface area contributed by atoms with Gasteiger partial charge in [-0.15, -0.1) is 0 Å². The lowest BCUT2D eigenvalue weighted by Crippen LogP contribution is -2.31. The van der Waals surface area contributed by atoms with Gasteiger partial charge in [-0.1, -0.05) is 33.6 Å². The van der Waals surface area contributed by atoms with E-state index in [1.54, 1.807) is 0 Å². The van der Waals surface area contributed by atoms with Crippen LogP contribution in [0.4, 0.5) is 0 Å². The summed E-state index contributed by atoms with van der Waals surface area (Å²) in [4.78, 5) is 0. The summed E-state index contributed by atoms with van der Waals surface area (Å²) in [7, 11) is 0. The lowest BCUT2D eigenvalue weighted by Gasteiger charge is -2.24. The van der Waals surface area contributed by atoms with Gasteiger partial charge >= 0.3 is 0 Å². The highest BCUT2D eigenvalue weighted by molar-refractivity contribution is 5.74. The number of nitrogens with two attached hydrogens (primary N) is 1.